The molecule has 0 spiro atoms. The number of hydrogen-bond acceptors (Lipinski definition) is 4. The van der Waals surface area contributed by atoms with Gasteiger partial charge < -0.3 is 10.1 Å². The molecule has 1 heterocycles. The van der Waals surface area contributed by atoms with Gasteiger partial charge in [-0.05, 0) is 49.4 Å². The molecule has 1 aliphatic carbocycles. The number of para-hydroxylation sites is 1. The Balaban J connectivity index is 1.54. The minimum absolute atomic E-state index is 0.377. The second-order valence-corrected chi connectivity index (χ2v) is 6.98. The number of pyridine rings is 1. The highest BCUT2D eigenvalue weighted by molar-refractivity contribution is 6.06. The van der Waals surface area contributed by atoms with Crippen LogP contribution in [0.2, 0.25) is 0 Å². The van der Waals surface area contributed by atoms with Crippen molar-refractivity contribution >= 4 is 28.5 Å². The van der Waals surface area contributed by atoms with Gasteiger partial charge in [0.1, 0.15) is 0 Å². The summed E-state index contributed by atoms with van der Waals surface area (Å²) < 4.78 is 45.2. The molecule has 1 N–H and O–H groups in total. The lowest BCUT2D eigenvalue weighted by Crippen LogP contribution is -2.23. The molecule has 0 unspecified atom stereocenters. The van der Waals surface area contributed by atoms with Crippen molar-refractivity contribution in [3.63, 3.8) is 0 Å². The van der Waals surface area contributed by atoms with Gasteiger partial charge in [0.2, 0.25) is 0 Å². The van der Waals surface area contributed by atoms with E-state index < -0.39 is 41.6 Å². The zero-order valence-electron chi connectivity index (χ0n) is 15.8. The van der Waals surface area contributed by atoms with E-state index in [-0.39, 0.29) is 0 Å². The van der Waals surface area contributed by atoms with Gasteiger partial charge in [0.25, 0.3) is 5.91 Å². The molecule has 0 saturated heterocycles. The van der Waals surface area contributed by atoms with E-state index in [1.54, 1.807) is 18.2 Å². The molecule has 2 aromatic carbocycles. The maximum Gasteiger partial charge on any atom is 0.339 e. The Bertz CT molecular complexity index is 1160. The maximum atomic E-state index is 13.7. The third kappa shape index (κ3) is 3.72. The van der Waals surface area contributed by atoms with Crippen molar-refractivity contribution in [1.82, 2.24) is 4.98 Å². The summed E-state index contributed by atoms with van der Waals surface area (Å²) in [5.74, 6) is -6.15. The van der Waals surface area contributed by atoms with Gasteiger partial charge in [0.15, 0.2) is 24.1 Å². The van der Waals surface area contributed by atoms with E-state index in [0.29, 0.717) is 29.0 Å². The largest absolute Gasteiger partial charge is 0.452 e. The number of esters is 1. The number of aryl methyl sites for hydroxylation is 1. The minimum atomic E-state index is -1.69. The maximum absolute atomic E-state index is 13.7. The summed E-state index contributed by atoms with van der Waals surface area (Å²) in [4.78, 5) is 29.5. The highest BCUT2D eigenvalue weighted by Gasteiger charge is 2.24. The number of halogens is 3. The molecule has 8 heteroatoms. The average Bonchev–Trinajstić information content (AvgIpc) is 2.76. The van der Waals surface area contributed by atoms with Gasteiger partial charge in [0.05, 0.1) is 16.8 Å². The predicted octanol–water partition coefficient (Wildman–Crippen LogP) is 4.33. The number of ether oxygens (including phenoxy) is 1. The van der Waals surface area contributed by atoms with E-state index in [2.05, 4.69) is 10.3 Å². The second kappa shape index (κ2) is 8.14. The van der Waals surface area contributed by atoms with Crippen molar-refractivity contribution in [2.75, 3.05) is 11.9 Å². The fourth-order valence-corrected chi connectivity index (χ4v) is 3.62. The number of anilines is 1. The Morgan fingerprint density at radius 2 is 1.77 bits per heavy atom. The van der Waals surface area contributed by atoms with Crippen LogP contribution in [0.15, 0.2) is 36.4 Å². The molecule has 5 nitrogen and oxygen atoms in total. The van der Waals surface area contributed by atoms with Crippen molar-refractivity contribution < 1.29 is 27.5 Å². The quantitative estimate of drug-likeness (QED) is 0.510. The lowest BCUT2D eigenvalue weighted by atomic mass is 9.90. The second-order valence-electron chi connectivity index (χ2n) is 6.98. The van der Waals surface area contributed by atoms with E-state index in [9.17, 15) is 22.8 Å². The molecular weight excluding hydrogens is 397 g/mol. The molecular formula is C22H17F3N2O3. The summed E-state index contributed by atoms with van der Waals surface area (Å²) in [7, 11) is 0. The van der Waals surface area contributed by atoms with E-state index >= 15 is 0 Å². The molecule has 0 atom stereocenters. The van der Waals surface area contributed by atoms with Crippen LogP contribution in [-0.4, -0.2) is 23.5 Å². The van der Waals surface area contributed by atoms with Crippen molar-refractivity contribution in [2.24, 2.45) is 0 Å². The lowest BCUT2D eigenvalue weighted by molar-refractivity contribution is -0.119. The summed E-state index contributed by atoms with van der Waals surface area (Å²) >= 11 is 0. The van der Waals surface area contributed by atoms with Crippen LogP contribution in [0.3, 0.4) is 0 Å². The number of carbonyl (C=O) groups excluding carboxylic acids is 2. The zero-order valence-corrected chi connectivity index (χ0v) is 15.8. The predicted molar refractivity (Wildman–Crippen MR) is 104 cm³/mol. The van der Waals surface area contributed by atoms with Crippen LogP contribution in [0.1, 0.15) is 34.5 Å². The summed E-state index contributed by atoms with van der Waals surface area (Å²) in [5.41, 5.74) is 2.17. The molecule has 0 aliphatic heterocycles. The van der Waals surface area contributed by atoms with Gasteiger partial charge in [-0.15, -0.1) is 0 Å². The van der Waals surface area contributed by atoms with Gasteiger partial charge in [-0.1, -0.05) is 18.2 Å². The van der Waals surface area contributed by atoms with Crippen molar-refractivity contribution in [2.45, 2.75) is 25.7 Å². The fraction of sp³-hybridized carbons (Fsp3) is 0.227. The highest BCUT2D eigenvalue weighted by atomic mass is 19.2. The first-order valence-corrected chi connectivity index (χ1v) is 9.46. The van der Waals surface area contributed by atoms with E-state index in [1.165, 1.54) is 0 Å². The van der Waals surface area contributed by atoms with Crippen molar-refractivity contribution in [3.05, 3.63) is 70.7 Å². The Hall–Kier alpha value is -3.42. The van der Waals surface area contributed by atoms with Crippen LogP contribution < -0.4 is 5.32 Å². The van der Waals surface area contributed by atoms with Gasteiger partial charge >= 0.3 is 5.97 Å². The number of amides is 1. The number of nitrogens with zero attached hydrogens (tertiary/aromatic N) is 1. The molecule has 4 rings (SSSR count). The Labute approximate surface area is 169 Å². The molecule has 0 fully saturated rings. The standard InChI is InChI=1S/C22H17F3N2O3/c23-14-9-10-17(21(25)20(14)24)27-18(28)11-30-22(29)19-12-5-1-3-7-15(12)26-16-8-4-2-6-13(16)19/h1,3,5,7,9-10H,2,4,6,8,11H2,(H,27,28). The third-order valence-corrected chi connectivity index (χ3v) is 5.02. The molecule has 3 aromatic rings. The lowest BCUT2D eigenvalue weighted by Gasteiger charge is -2.20. The van der Waals surface area contributed by atoms with Crippen LogP contribution in [0.5, 0.6) is 0 Å². The Kier molecular flexibility index (Phi) is 5.39. The molecule has 0 bridgehead atoms. The van der Waals surface area contributed by atoms with Crippen LogP contribution >= 0.6 is 0 Å². The van der Waals surface area contributed by atoms with E-state index in [0.717, 1.165) is 36.6 Å². The number of nitrogens with one attached hydrogen (secondary N) is 1. The van der Waals surface area contributed by atoms with Gasteiger partial charge in [-0.3, -0.25) is 9.78 Å². The van der Waals surface area contributed by atoms with Crippen LogP contribution in [0, 0.1) is 17.5 Å². The van der Waals surface area contributed by atoms with Crippen LogP contribution in [0.25, 0.3) is 10.9 Å². The summed E-state index contributed by atoms with van der Waals surface area (Å²) in [6.45, 7) is -0.706. The molecule has 1 aliphatic rings. The van der Waals surface area contributed by atoms with Gasteiger partial charge in [-0.25, -0.2) is 18.0 Å². The molecule has 1 amide bonds. The summed E-state index contributed by atoms with van der Waals surface area (Å²) in [6.07, 6.45) is 3.35. The minimum Gasteiger partial charge on any atom is -0.452 e. The molecule has 154 valence electrons. The topological polar surface area (TPSA) is 68.3 Å². The SMILES string of the molecule is O=C(COC(=O)c1c2c(nc3ccccc13)CCCC2)Nc1ccc(F)c(F)c1F. The highest BCUT2D eigenvalue weighted by Crippen LogP contribution is 2.29. The molecule has 30 heavy (non-hydrogen) atoms. The number of aromatic nitrogens is 1. The van der Waals surface area contributed by atoms with Crippen molar-refractivity contribution in [3.8, 4) is 0 Å². The van der Waals surface area contributed by atoms with E-state index in [1.807, 2.05) is 6.07 Å². The van der Waals surface area contributed by atoms with Gasteiger partial charge in [0, 0.05) is 11.1 Å². The average molecular weight is 414 g/mol. The third-order valence-electron chi connectivity index (χ3n) is 5.02. The molecule has 0 saturated carbocycles. The van der Waals surface area contributed by atoms with E-state index in [4.69, 9.17) is 4.74 Å². The smallest absolute Gasteiger partial charge is 0.339 e. The monoisotopic (exact) mass is 414 g/mol. The first kappa shape index (κ1) is 19.9. The molecule has 1 aromatic heterocycles. The first-order valence-electron chi connectivity index (χ1n) is 9.46. The van der Waals surface area contributed by atoms with Gasteiger partial charge in [-0.2, -0.15) is 0 Å². The Morgan fingerprint density at radius 3 is 2.60 bits per heavy atom. The summed E-state index contributed by atoms with van der Waals surface area (Å²) in [5, 5.41) is 2.71. The first-order chi connectivity index (χ1) is 14.5. The summed E-state index contributed by atoms with van der Waals surface area (Å²) in [6, 6.07) is 8.76. The number of rotatable bonds is 4. The fourth-order valence-electron chi connectivity index (χ4n) is 3.62. The number of hydrogen-bond donors (Lipinski definition) is 1. The molecule has 0 radical (unpaired) electrons. The van der Waals surface area contributed by atoms with Crippen molar-refractivity contribution in [1.29, 1.82) is 0 Å². The number of carbonyl (C=O) groups is 2. The number of benzene rings is 2. The number of fused-ring (bicyclic) bond motifs is 2. The normalized spacial score (nSPS) is 13.0. The van der Waals surface area contributed by atoms with Crippen LogP contribution in [0.4, 0.5) is 18.9 Å². The zero-order chi connectivity index (χ0) is 21.3. The van der Waals surface area contributed by atoms with Crippen LogP contribution in [-0.2, 0) is 22.4 Å². The Morgan fingerprint density at radius 1 is 1.00 bits per heavy atom.